The van der Waals surface area contributed by atoms with Crippen LogP contribution in [0.3, 0.4) is 0 Å². The molecule has 1 amide bonds. The number of hydrogen-bond donors (Lipinski definition) is 2. The van der Waals surface area contributed by atoms with Gasteiger partial charge in [0.25, 0.3) is 0 Å². The predicted molar refractivity (Wildman–Crippen MR) is 75.5 cm³/mol. The molecule has 0 saturated heterocycles. The molecular formula is C14H22N2OS. The number of nitrogens with two attached hydrogens (primary N) is 1. The van der Waals surface area contributed by atoms with Crippen molar-refractivity contribution in [2.45, 2.75) is 38.6 Å². The number of carbonyl (C=O) groups is 1. The van der Waals surface area contributed by atoms with Gasteiger partial charge in [0.2, 0.25) is 5.91 Å². The van der Waals surface area contributed by atoms with E-state index >= 15 is 0 Å². The van der Waals surface area contributed by atoms with Crippen LogP contribution in [0.2, 0.25) is 0 Å². The minimum atomic E-state index is 0.147. The van der Waals surface area contributed by atoms with E-state index in [2.05, 4.69) is 29.8 Å². The molecule has 2 rings (SSSR count). The molecule has 1 aromatic heterocycles. The van der Waals surface area contributed by atoms with Crippen molar-refractivity contribution in [3.63, 3.8) is 0 Å². The molecule has 1 heterocycles. The number of amides is 1. The standard InChI is InChI=1S/C14H22N2OS/c1-10(7-13-3-2-6-18-13)9-16-14(17)11-4-5-12(15)8-11/h2-3,6,10-12H,4-5,7-9,15H2,1H3,(H,16,17). The van der Waals surface area contributed by atoms with E-state index in [1.165, 1.54) is 4.88 Å². The van der Waals surface area contributed by atoms with Crippen molar-refractivity contribution in [2.24, 2.45) is 17.6 Å². The summed E-state index contributed by atoms with van der Waals surface area (Å²) in [5, 5.41) is 5.17. The summed E-state index contributed by atoms with van der Waals surface area (Å²) in [5.74, 6) is 0.831. The van der Waals surface area contributed by atoms with E-state index in [-0.39, 0.29) is 17.9 Å². The van der Waals surface area contributed by atoms with E-state index in [4.69, 9.17) is 5.73 Å². The maximum atomic E-state index is 11.9. The van der Waals surface area contributed by atoms with Gasteiger partial charge in [-0.15, -0.1) is 11.3 Å². The number of nitrogens with one attached hydrogen (secondary N) is 1. The molecule has 18 heavy (non-hydrogen) atoms. The van der Waals surface area contributed by atoms with Gasteiger partial charge in [-0.25, -0.2) is 0 Å². The van der Waals surface area contributed by atoms with Crippen molar-refractivity contribution in [1.82, 2.24) is 5.32 Å². The Morgan fingerprint density at radius 2 is 2.44 bits per heavy atom. The minimum Gasteiger partial charge on any atom is -0.356 e. The molecule has 3 N–H and O–H groups in total. The summed E-state index contributed by atoms with van der Waals surface area (Å²) < 4.78 is 0. The first-order valence-corrected chi connectivity index (χ1v) is 7.58. The Labute approximate surface area is 113 Å². The van der Waals surface area contributed by atoms with Gasteiger partial charge in [0.05, 0.1) is 0 Å². The van der Waals surface area contributed by atoms with E-state index < -0.39 is 0 Å². The molecule has 100 valence electrons. The maximum absolute atomic E-state index is 11.9. The summed E-state index contributed by atoms with van der Waals surface area (Å²) in [6.07, 6.45) is 3.84. The summed E-state index contributed by atoms with van der Waals surface area (Å²) in [6, 6.07) is 4.45. The molecule has 1 aromatic rings. The minimum absolute atomic E-state index is 0.147. The zero-order chi connectivity index (χ0) is 13.0. The number of hydrogen-bond acceptors (Lipinski definition) is 3. The summed E-state index contributed by atoms with van der Waals surface area (Å²) in [7, 11) is 0. The largest absolute Gasteiger partial charge is 0.356 e. The van der Waals surface area contributed by atoms with Gasteiger partial charge in [0.1, 0.15) is 0 Å². The third-order valence-corrected chi connectivity index (χ3v) is 4.50. The van der Waals surface area contributed by atoms with E-state index in [1.54, 1.807) is 11.3 Å². The monoisotopic (exact) mass is 266 g/mol. The number of carbonyl (C=O) groups excluding carboxylic acids is 1. The van der Waals surface area contributed by atoms with Gasteiger partial charge in [0, 0.05) is 23.4 Å². The highest BCUT2D eigenvalue weighted by Crippen LogP contribution is 2.24. The Balaban J connectivity index is 1.69. The van der Waals surface area contributed by atoms with Crippen molar-refractivity contribution in [3.8, 4) is 0 Å². The van der Waals surface area contributed by atoms with Crippen molar-refractivity contribution < 1.29 is 4.79 Å². The number of rotatable bonds is 5. The van der Waals surface area contributed by atoms with Crippen LogP contribution in [-0.4, -0.2) is 18.5 Å². The normalized spacial score (nSPS) is 25.0. The second-order valence-corrected chi connectivity index (χ2v) is 6.44. The fourth-order valence-electron chi connectivity index (χ4n) is 2.52. The summed E-state index contributed by atoms with van der Waals surface area (Å²) in [6.45, 7) is 2.95. The van der Waals surface area contributed by atoms with E-state index in [9.17, 15) is 4.79 Å². The van der Waals surface area contributed by atoms with Gasteiger partial charge in [-0.2, -0.15) is 0 Å². The Kier molecular flexibility index (Phi) is 4.78. The van der Waals surface area contributed by atoms with Crippen molar-refractivity contribution in [1.29, 1.82) is 0 Å². The highest BCUT2D eigenvalue weighted by Gasteiger charge is 2.27. The molecule has 0 aliphatic heterocycles. The predicted octanol–water partition coefficient (Wildman–Crippen LogP) is 2.17. The number of thiophene rings is 1. The zero-order valence-electron chi connectivity index (χ0n) is 10.9. The van der Waals surface area contributed by atoms with Gasteiger partial charge < -0.3 is 11.1 Å². The average molecular weight is 266 g/mol. The third-order valence-electron chi connectivity index (χ3n) is 3.60. The molecule has 0 radical (unpaired) electrons. The first kappa shape index (κ1) is 13.6. The zero-order valence-corrected chi connectivity index (χ0v) is 11.7. The van der Waals surface area contributed by atoms with E-state index in [0.29, 0.717) is 5.92 Å². The molecule has 0 spiro atoms. The second kappa shape index (κ2) is 6.34. The van der Waals surface area contributed by atoms with Crippen LogP contribution >= 0.6 is 11.3 Å². The lowest BCUT2D eigenvalue weighted by molar-refractivity contribution is -0.125. The van der Waals surface area contributed by atoms with Gasteiger partial charge in [-0.3, -0.25) is 4.79 Å². The molecule has 0 bridgehead atoms. The van der Waals surface area contributed by atoms with Crippen LogP contribution in [0, 0.1) is 11.8 Å². The van der Waals surface area contributed by atoms with Crippen molar-refractivity contribution in [2.75, 3.05) is 6.54 Å². The molecule has 1 saturated carbocycles. The molecule has 3 atom stereocenters. The highest BCUT2D eigenvalue weighted by atomic mass is 32.1. The average Bonchev–Trinajstić information content (AvgIpc) is 2.97. The lowest BCUT2D eigenvalue weighted by Crippen LogP contribution is -2.34. The van der Waals surface area contributed by atoms with E-state index in [1.807, 2.05) is 0 Å². The Morgan fingerprint density at radius 3 is 3.06 bits per heavy atom. The molecule has 4 heteroatoms. The Hall–Kier alpha value is -0.870. The topological polar surface area (TPSA) is 55.1 Å². The van der Waals surface area contributed by atoms with Crippen molar-refractivity contribution in [3.05, 3.63) is 22.4 Å². The molecular weight excluding hydrogens is 244 g/mol. The maximum Gasteiger partial charge on any atom is 0.223 e. The van der Waals surface area contributed by atoms with Crippen LogP contribution < -0.4 is 11.1 Å². The highest BCUT2D eigenvalue weighted by molar-refractivity contribution is 7.09. The van der Waals surface area contributed by atoms with Gasteiger partial charge in [-0.05, 0) is 43.0 Å². The summed E-state index contributed by atoms with van der Waals surface area (Å²) >= 11 is 1.78. The van der Waals surface area contributed by atoms with Crippen molar-refractivity contribution >= 4 is 17.2 Å². The van der Waals surface area contributed by atoms with Crippen LogP contribution in [0.4, 0.5) is 0 Å². The Bertz CT molecular complexity index is 377. The lowest BCUT2D eigenvalue weighted by atomic mass is 10.0. The molecule has 3 nitrogen and oxygen atoms in total. The molecule has 1 fully saturated rings. The molecule has 1 aliphatic rings. The fourth-order valence-corrected chi connectivity index (χ4v) is 3.39. The van der Waals surface area contributed by atoms with Gasteiger partial charge in [-0.1, -0.05) is 13.0 Å². The first-order chi connectivity index (χ1) is 8.65. The van der Waals surface area contributed by atoms with Gasteiger partial charge >= 0.3 is 0 Å². The van der Waals surface area contributed by atoms with Crippen LogP contribution in [0.1, 0.15) is 31.1 Å². The smallest absolute Gasteiger partial charge is 0.223 e. The fraction of sp³-hybridized carbons (Fsp3) is 0.643. The Morgan fingerprint density at radius 1 is 1.61 bits per heavy atom. The first-order valence-electron chi connectivity index (χ1n) is 6.71. The third kappa shape index (κ3) is 3.82. The molecule has 1 aliphatic carbocycles. The van der Waals surface area contributed by atoms with E-state index in [0.717, 1.165) is 32.2 Å². The molecule has 0 aromatic carbocycles. The quantitative estimate of drug-likeness (QED) is 0.858. The SMILES string of the molecule is CC(CNC(=O)C1CCC(N)C1)Cc1cccs1. The van der Waals surface area contributed by atoms with Crippen LogP contribution in [0.15, 0.2) is 17.5 Å². The van der Waals surface area contributed by atoms with Crippen LogP contribution in [-0.2, 0) is 11.2 Å². The van der Waals surface area contributed by atoms with Crippen LogP contribution in [0.5, 0.6) is 0 Å². The summed E-state index contributed by atoms with van der Waals surface area (Å²) in [5.41, 5.74) is 5.83. The van der Waals surface area contributed by atoms with Crippen LogP contribution in [0.25, 0.3) is 0 Å². The summed E-state index contributed by atoms with van der Waals surface area (Å²) in [4.78, 5) is 13.3. The van der Waals surface area contributed by atoms with Gasteiger partial charge in [0.15, 0.2) is 0 Å². The second-order valence-electron chi connectivity index (χ2n) is 5.40. The lowest BCUT2D eigenvalue weighted by Gasteiger charge is -2.14. The molecule has 3 unspecified atom stereocenters.